The van der Waals surface area contributed by atoms with E-state index in [2.05, 4.69) is 32.3 Å². The molecule has 2 atom stereocenters. The van der Waals surface area contributed by atoms with E-state index < -0.39 is 0 Å². The minimum atomic E-state index is -0.100. The van der Waals surface area contributed by atoms with Crippen LogP contribution in [0.4, 0.5) is 0 Å². The van der Waals surface area contributed by atoms with E-state index in [-0.39, 0.29) is 23.3 Å². The lowest BCUT2D eigenvalue weighted by Crippen LogP contribution is -2.26. The number of methoxy groups -OCH3 is 1. The summed E-state index contributed by atoms with van der Waals surface area (Å²) in [6.07, 6.45) is 9.41. The van der Waals surface area contributed by atoms with Crippen molar-refractivity contribution in [2.24, 2.45) is 10.4 Å². The van der Waals surface area contributed by atoms with E-state index in [0.29, 0.717) is 18.8 Å². The molecule has 2 unspecified atom stereocenters. The lowest BCUT2D eigenvalue weighted by molar-refractivity contribution is 0.0407. The van der Waals surface area contributed by atoms with Gasteiger partial charge in [-0.2, -0.15) is 0 Å². The van der Waals surface area contributed by atoms with E-state index >= 15 is 0 Å². The summed E-state index contributed by atoms with van der Waals surface area (Å²) in [5.74, 6) is 0.683. The first-order chi connectivity index (χ1) is 11.3. The monoisotopic (exact) mass is 337 g/mol. The Balaban J connectivity index is 4.95. The van der Waals surface area contributed by atoms with Crippen LogP contribution in [-0.4, -0.2) is 37.2 Å². The third-order valence-corrected chi connectivity index (χ3v) is 4.16. The zero-order valence-corrected chi connectivity index (χ0v) is 16.2. The van der Waals surface area contributed by atoms with E-state index in [0.717, 1.165) is 12.8 Å². The molecule has 0 spiro atoms. The second kappa shape index (κ2) is 11.9. The van der Waals surface area contributed by atoms with Gasteiger partial charge in [-0.15, -0.1) is 6.58 Å². The van der Waals surface area contributed by atoms with Crippen LogP contribution in [0.5, 0.6) is 0 Å². The summed E-state index contributed by atoms with van der Waals surface area (Å²) in [6, 6.07) is 0.180. The Labute approximate surface area is 148 Å². The molecule has 4 nitrogen and oxygen atoms in total. The quantitative estimate of drug-likeness (QED) is 0.230. The zero-order valence-electron chi connectivity index (χ0n) is 16.2. The highest BCUT2D eigenvalue weighted by Gasteiger charge is 2.25. The van der Waals surface area contributed by atoms with E-state index in [1.54, 1.807) is 25.5 Å². The van der Waals surface area contributed by atoms with Gasteiger partial charge in [-0.25, -0.2) is 0 Å². The van der Waals surface area contributed by atoms with Gasteiger partial charge in [0.05, 0.1) is 12.6 Å². The Kier molecular flexibility index (Phi) is 11.1. The average molecular weight is 338 g/mol. The standard InChI is InChI=1S/C20H35NO3/c1-8-12-19(20(5,6)10-3)21-14-11-13-17(22)18(9-2)24-16(4)15-23-7/h8,11,13-14,16,19,22H,1,9-10,12,15H2,2-7H3/b13-11+,18-17-,21-14?. The minimum Gasteiger partial charge on any atom is -0.504 e. The Hall–Kier alpha value is -1.55. The highest BCUT2D eigenvalue weighted by atomic mass is 16.5. The summed E-state index contributed by atoms with van der Waals surface area (Å²) in [7, 11) is 1.63. The third-order valence-electron chi connectivity index (χ3n) is 4.16. The van der Waals surface area contributed by atoms with E-state index in [1.165, 1.54) is 0 Å². The van der Waals surface area contributed by atoms with Crippen LogP contribution in [-0.2, 0) is 9.47 Å². The van der Waals surface area contributed by atoms with Crippen LogP contribution < -0.4 is 0 Å². The van der Waals surface area contributed by atoms with Crippen molar-refractivity contribution in [1.82, 2.24) is 0 Å². The molecule has 0 aliphatic rings. The molecule has 0 bridgehead atoms. The Morgan fingerprint density at radius 2 is 2.00 bits per heavy atom. The van der Waals surface area contributed by atoms with Crippen LogP contribution in [0.15, 0.2) is 41.3 Å². The summed E-state index contributed by atoms with van der Waals surface area (Å²) >= 11 is 0. The molecular formula is C20H35NO3. The zero-order chi connectivity index (χ0) is 18.6. The predicted molar refractivity (Wildman–Crippen MR) is 103 cm³/mol. The Bertz CT molecular complexity index is 450. The SMILES string of the molecule is C=CCC(N=C/C=C/C(O)=C(\CC)OC(C)COC)C(C)(C)CC. The molecular weight excluding hydrogens is 302 g/mol. The van der Waals surface area contributed by atoms with Crippen molar-refractivity contribution in [2.75, 3.05) is 13.7 Å². The molecule has 138 valence electrons. The molecule has 0 saturated heterocycles. The second-order valence-electron chi connectivity index (χ2n) is 6.59. The Morgan fingerprint density at radius 1 is 1.33 bits per heavy atom. The fourth-order valence-electron chi connectivity index (χ4n) is 2.19. The van der Waals surface area contributed by atoms with Crippen LogP contribution in [0.1, 0.15) is 53.9 Å². The third kappa shape index (κ3) is 8.34. The molecule has 0 aliphatic heterocycles. The van der Waals surface area contributed by atoms with Gasteiger partial charge < -0.3 is 14.6 Å². The van der Waals surface area contributed by atoms with Crippen molar-refractivity contribution in [3.05, 3.63) is 36.3 Å². The van der Waals surface area contributed by atoms with Crippen molar-refractivity contribution in [2.45, 2.75) is 66.0 Å². The maximum atomic E-state index is 10.1. The summed E-state index contributed by atoms with van der Waals surface area (Å²) < 4.78 is 10.7. The van der Waals surface area contributed by atoms with E-state index in [9.17, 15) is 5.11 Å². The highest BCUT2D eigenvalue weighted by molar-refractivity contribution is 5.72. The molecule has 0 aromatic carbocycles. The number of allylic oxidation sites excluding steroid dienone is 3. The number of nitrogens with zero attached hydrogens (tertiary/aromatic N) is 1. The lowest BCUT2D eigenvalue weighted by Gasteiger charge is -2.29. The van der Waals surface area contributed by atoms with Crippen molar-refractivity contribution in [3.8, 4) is 0 Å². The molecule has 0 amide bonds. The van der Waals surface area contributed by atoms with Gasteiger partial charge in [-0.3, -0.25) is 4.99 Å². The molecule has 0 heterocycles. The molecule has 0 aliphatic carbocycles. The molecule has 24 heavy (non-hydrogen) atoms. The molecule has 0 radical (unpaired) electrons. The fourth-order valence-corrected chi connectivity index (χ4v) is 2.19. The van der Waals surface area contributed by atoms with Crippen LogP contribution in [0, 0.1) is 5.41 Å². The van der Waals surface area contributed by atoms with Gasteiger partial charge in [0.15, 0.2) is 5.76 Å². The van der Waals surface area contributed by atoms with E-state index in [1.807, 2.05) is 19.9 Å². The first-order valence-corrected chi connectivity index (χ1v) is 8.70. The number of aliphatic hydroxyl groups is 1. The normalized spacial score (nSPS) is 16.2. The van der Waals surface area contributed by atoms with Gasteiger partial charge in [0.2, 0.25) is 0 Å². The lowest BCUT2D eigenvalue weighted by atomic mass is 9.80. The maximum Gasteiger partial charge on any atom is 0.153 e. The molecule has 4 heteroatoms. The van der Waals surface area contributed by atoms with Crippen molar-refractivity contribution in [1.29, 1.82) is 0 Å². The molecule has 0 saturated carbocycles. The number of aliphatic imine (C=N–C) groups is 1. The van der Waals surface area contributed by atoms with Crippen LogP contribution in [0.2, 0.25) is 0 Å². The molecule has 0 aromatic heterocycles. The smallest absolute Gasteiger partial charge is 0.153 e. The second-order valence-corrected chi connectivity index (χ2v) is 6.59. The predicted octanol–water partition coefficient (Wildman–Crippen LogP) is 5.23. The van der Waals surface area contributed by atoms with Crippen LogP contribution in [0.25, 0.3) is 0 Å². The van der Waals surface area contributed by atoms with Gasteiger partial charge in [0.1, 0.15) is 11.9 Å². The maximum absolute atomic E-state index is 10.1. The highest BCUT2D eigenvalue weighted by Crippen LogP contribution is 2.29. The summed E-state index contributed by atoms with van der Waals surface area (Å²) in [6.45, 7) is 14.7. The van der Waals surface area contributed by atoms with E-state index in [4.69, 9.17) is 9.47 Å². The topological polar surface area (TPSA) is 51.1 Å². The summed E-state index contributed by atoms with van der Waals surface area (Å²) in [4.78, 5) is 4.63. The summed E-state index contributed by atoms with van der Waals surface area (Å²) in [5.41, 5.74) is 0.115. The van der Waals surface area contributed by atoms with Crippen molar-refractivity contribution < 1.29 is 14.6 Å². The Morgan fingerprint density at radius 3 is 2.50 bits per heavy atom. The number of aliphatic hydroxyl groups excluding tert-OH is 1. The first-order valence-electron chi connectivity index (χ1n) is 8.70. The van der Waals surface area contributed by atoms with Crippen LogP contribution >= 0.6 is 0 Å². The number of hydrogen-bond acceptors (Lipinski definition) is 4. The largest absolute Gasteiger partial charge is 0.504 e. The van der Waals surface area contributed by atoms with Crippen molar-refractivity contribution in [3.63, 3.8) is 0 Å². The van der Waals surface area contributed by atoms with Crippen molar-refractivity contribution >= 4 is 6.21 Å². The molecule has 0 rings (SSSR count). The first kappa shape index (κ1) is 22.4. The molecule has 1 N–H and O–H groups in total. The van der Waals surface area contributed by atoms with Gasteiger partial charge >= 0.3 is 0 Å². The van der Waals surface area contributed by atoms with Gasteiger partial charge in [0, 0.05) is 19.7 Å². The van der Waals surface area contributed by atoms with Crippen LogP contribution in [0.3, 0.4) is 0 Å². The van der Waals surface area contributed by atoms with Gasteiger partial charge in [-0.05, 0) is 37.3 Å². The molecule has 0 fully saturated rings. The van der Waals surface area contributed by atoms with Gasteiger partial charge in [-0.1, -0.05) is 33.8 Å². The summed E-state index contributed by atoms with van der Waals surface area (Å²) in [5, 5.41) is 10.1. The van der Waals surface area contributed by atoms with Gasteiger partial charge in [0.25, 0.3) is 0 Å². The number of hydrogen-bond donors (Lipinski definition) is 1. The fraction of sp³-hybridized carbons (Fsp3) is 0.650. The number of rotatable bonds is 12. The minimum absolute atomic E-state index is 0.100. The average Bonchev–Trinajstić information content (AvgIpc) is 2.55. The molecule has 0 aromatic rings. The number of ether oxygens (including phenoxy) is 2.